The molecule has 5 nitrogen and oxygen atoms in total. The third-order valence-corrected chi connectivity index (χ3v) is 2.45. The van der Waals surface area contributed by atoms with Crippen LogP contribution >= 0.6 is 0 Å². The number of hydrogen-bond acceptors (Lipinski definition) is 4. The predicted molar refractivity (Wildman–Crippen MR) is 62.5 cm³/mol. The van der Waals surface area contributed by atoms with Gasteiger partial charge in [0.15, 0.2) is 0 Å². The van der Waals surface area contributed by atoms with Crippen LogP contribution in [0, 0.1) is 0 Å². The highest BCUT2D eigenvalue weighted by molar-refractivity contribution is 5.84. The van der Waals surface area contributed by atoms with Gasteiger partial charge < -0.3 is 4.74 Å². The zero-order valence-electron chi connectivity index (χ0n) is 10.3. The maximum absolute atomic E-state index is 11.6. The Labute approximate surface area is 101 Å². The van der Waals surface area contributed by atoms with E-state index in [1.54, 1.807) is 6.20 Å². The lowest BCUT2D eigenvalue weighted by atomic mass is 10.1. The molecule has 0 saturated carbocycles. The number of nitrogens with zero attached hydrogens (tertiary/aromatic N) is 2. The summed E-state index contributed by atoms with van der Waals surface area (Å²) >= 11 is 0. The second-order valence-electron chi connectivity index (χ2n) is 3.84. The second kappa shape index (κ2) is 6.83. The first kappa shape index (κ1) is 13.4. The molecular weight excluding hydrogens is 220 g/mol. The summed E-state index contributed by atoms with van der Waals surface area (Å²) in [7, 11) is 1.32. The fourth-order valence-electron chi connectivity index (χ4n) is 1.56. The Morgan fingerprint density at radius 1 is 1.41 bits per heavy atom. The van der Waals surface area contributed by atoms with Gasteiger partial charge in [0, 0.05) is 31.3 Å². The van der Waals surface area contributed by atoms with Crippen molar-refractivity contribution in [2.45, 2.75) is 39.2 Å². The van der Waals surface area contributed by atoms with Crippen molar-refractivity contribution in [1.29, 1.82) is 0 Å². The zero-order chi connectivity index (χ0) is 12.7. The van der Waals surface area contributed by atoms with Crippen molar-refractivity contribution in [3.8, 4) is 0 Å². The van der Waals surface area contributed by atoms with Gasteiger partial charge in [0.2, 0.25) is 0 Å². The van der Waals surface area contributed by atoms with Crippen LogP contribution in [0.4, 0.5) is 0 Å². The molecule has 0 N–H and O–H groups in total. The molecule has 0 unspecified atom stereocenters. The lowest BCUT2D eigenvalue weighted by Gasteiger charge is -2.05. The van der Waals surface area contributed by atoms with Gasteiger partial charge in [-0.1, -0.05) is 6.92 Å². The van der Waals surface area contributed by atoms with Crippen LogP contribution < -0.4 is 0 Å². The minimum atomic E-state index is -0.347. The Hall–Kier alpha value is -1.65. The summed E-state index contributed by atoms with van der Waals surface area (Å²) in [5, 5.41) is 4.14. The van der Waals surface area contributed by atoms with Gasteiger partial charge in [-0.2, -0.15) is 5.10 Å². The molecule has 5 heteroatoms. The molecule has 0 aromatic carbocycles. The average Bonchev–Trinajstić information content (AvgIpc) is 2.74. The Morgan fingerprint density at radius 3 is 2.82 bits per heavy atom. The summed E-state index contributed by atoms with van der Waals surface area (Å²) in [6, 6.07) is 1.84. The fraction of sp³-hybridized carbons (Fsp3) is 0.583. The number of ketones is 1. The van der Waals surface area contributed by atoms with E-state index in [9.17, 15) is 9.59 Å². The molecule has 1 aromatic rings. The Kier molecular flexibility index (Phi) is 5.39. The smallest absolute Gasteiger partial charge is 0.305 e. The molecule has 1 rings (SSSR count). The van der Waals surface area contributed by atoms with Crippen molar-refractivity contribution in [3.63, 3.8) is 0 Å². The summed E-state index contributed by atoms with van der Waals surface area (Å²) in [6.07, 6.45) is 3.38. The summed E-state index contributed by atoms with van der Waals surface area (Å²) in [5.41, 5.74) is 0.904. The van der Waals surface area contributed by atoms with Gasteiger partial charge in [0.1, 0.15) is 5.78 Å². The molecule has 1 aromatic heterocycles. The number of aryl methyl sites for hydroxylation is 1. The molecule has 0 aliphatic heterocycles. The summed E-state index contributed by atoms with van der Waals surface area (Å²) in [5.74, 6) is -0.311. The molecule has 0 amide bonds. The van der Waals surface area contributed by atoms with Crippen LogP contribution in [0.15, 0.2) is 12.3 Å². The van der Waals surface area contributed by atoms with E-state index in [-0.39, 0.29) is 24.6 Å². The van der Waals surface area contributed by atoms with Crippen molar-refractivity contribution in [2.75, 3.05) is 7.11 Å². The van der Waals surface area contributed by atoms with E-state index in [2.05, 4.69) is 16.8 Å². The van der Waals surface area contributed by atoms with Crippen LogP contribution in [-0.2, 0) is 27.3 Å². The standard InChI is InChI=1S/C12H18N2O3/c1-3-8-14-10(6-7-13-14)9-11(15)4-5-12(16)17-2/h6-7H,3-5,8-9H2,1-2H3. The first-order valence-electron chi connectivity index (χ1n) is 5.76. The lowest BCUT2D eigenvalue weighted by molar-refractivity contribution is -0.141. The molecule has 0 radical (unpaired) electrons. The van der Waals surface area contributed by atoms with E-state index < -0.39 is 0 Å². The van der Waals surface area contributed by atoms with E-state index in [1.165, 1.54) is 7.11 Å². The third kappa shape index (κ3) is 4.38. The van der Waals surface area contributed by atoms with Crippen molar-refractivity contribution in [2.24, 2.45) is 0 Å². The molecule has 0 spiro atoms. The zero-order valence-corrected chi connectivity index (χ0v) is 10.3. The minimum Gasteiger partial charge on any atom is -0.469 e. The van der Waals surface area contributed by atoms with E-state index in [1.807, 2.05) is 10.7 Å². The predicted octanol–water partition coefficient (Wildman–Crippen LogP) is 1.36. The van der Waals surface area contributed by atoms with Gasteiger partial charge in [-0.25, -0.2) is 0 Å². The monoisotopic (exact) mass is 238 g/mol. The molecule has 0 atom stereocenters. The molecular formula is C12H18N2O3. The topological polar surface area (TPSA) is 61.2 Å². The molecule has 0 aliphatic carbocycles. The SMILES string of the molecule is CCCn1nccc1CC(=O)CCC(=O)OC. The summed E-state index contributed by atoms with van der Waals surface area (Å²) < 4.78 is 6.32. The fourth-order valence-corrected chi connectivity index (χ4v) is 1.56. The maximum atomic E-state index is 11.6. The normalized spacial score (nSPS) is 10.2. The first-order chi connectivity index (χ1) is 8.17. The highest BCUT2D eigenvalue weighted by Crippen LogP contribution is 2.05. The van der Waals surface area contributed by atoms with E-state index in [0.717, 1.165) is 18.7 Å². The molecule has 17 heavy (non-hydrogen) atoms. The van der Waals surface area contributed by atoms with E-state index >= 15 is 0 Å². The van der Waals surface area contributed by atoms with Gasteiger partial charge in [0.05, 0.1) is 13.5 Å². The molecule has 94 valence electrons. The Morgan fingerprint density at radius 2 is 2.18 bits per heavy atom. The number of aromatic nitrogens is 2. The number of hydrogen-bond donors (Lipinski definition) is 0. The minimum absolute atomic E-state index is 0.0354. The van der Waals surface area contributed by atoms with E-state index in [4.69, 9.17) is 0 Å². The van der Waals surface area contributed by atoms with Gasteiger partial charge in [-0.15, -0.1) is 0 Å². The van der Waals surface area contributed by atoms with Gasteiger partial charge in [-0.3, -0.25) is 14.3 Å². The third-order valence-electron chi connectivity index (χ3n) is 2.45. The number of carbonyl (C=O) groups excluding carboxylic acids is 2. The van der Waals surface area contributed by atoms with Crippen molar-refractivity contribution in [1.82, 2.24) is 9.78 Å². The summed E-state index contributed by atoms with van der Waals surface area (Å²) in [4.78, 5) is 22.5. The van der Waals surface area contributed by atoms with Crippen LogP contribution in [0.5, 0.6) is 0 Å². The molecule has 0 fully saturated rings. The average molecular weight is 238 g/mol. The number of rotatable bonds is 7. The summed E-state index contributed by atoms with van der Waals surface area (Å²) in [6.45, 7) is 2.87. The lowest BCUT2D eigenvalue weighted by Crippen LogP contribution is -2.12. The quantitative estimate of drug-likeness (QED) is 0.673. The van der Waals surface area contributed by atoms with Crippen LogP contribution in [0.3, 0.4) is 0 Å². The van der Waals surface area contributed by atoms with Crippen LogP contribution in [0.25, 0.3) is 0 Å². The maximum Gasteiger partial charge on any atom is 0.305 e. The number of methoxy groups -OCH3 is 1. The van der Waals surface area contributed by atoms with Crippen LogP contribution in [-0.4, -0.2) is 28.6 Å². The number of Topliss-reactive ketones (excluding diaryl/α,β-unsaturated/α-hetero) is 1. The van der Waals surface area contributed by atoms with Gasteiger partial charge >= 0.3 is 5.97 Å². The van der Waals surface area contributed by atoms with Gasteiger partial charge in [0.25, 0.3) is 0 Å². The van der Waals surface area contributed by atoms with Crippen LogP contribution in [0.2, 0.25) is 0 Å². The number of ether oxygens (including phenoxy) is 1. The molecule has 0 aliphatic rings. The van der Waals surface area contributed by atoms with Crippen molar-refractivity contribution < 1.29 is 14.3 Å². The molecule has 0 bridgehead atoms. The Balaban J connectivity index is 2.44. The molecule has 1 heterocycles. The van der Waals surface area contributed by atoms with Gasteiger partial charge in [-0.05, 0) is 12.5 Å². The van der Waals surface area contributed by atoms with Crippen molar-refractivity contribution in [3.05, 3.63) is 18.0 Å². The Bertz CT molecular complexity index is 385. The van der Waals surface area contributed by atoms with Crippen LogP contribution in [0.1, 0.15) is 31.9 Å². The number of esters is 1. The second-order valence-corrected chi connectivity index (χ2v) is 3.84. The largest absolute Gasteiger partial charge is 0.469 e. The first-order valence-corrected chi connectivity index (χ1v) is 5.76. The molecule has 0 saturated heterocycles. The highest BCUT2D eigenvalue weighted by Gasteiger charge is 2.10. The van der Waals surface area contributed by atoms with Crippen molar-refractivity contribution >= 4 is 11.8 Å². The number of carbonyl (C=O) groups is 2. The highest BCUT2D eigenvalue weighted by atomic mass is 16.5. The van der Waals surface area contributed by atoms with E-state index in [0.29, 0.717) is 6.42 Å².